The van der Waals surface area contributed by atoms with Crippen molar-refractivity contribution in [2.45, 2.75) is 13.8 Å². The van der Waals surface area contributed by atoms with Crippen molar-refractivity contribution >= 4 is 39.0 Å². The molecule has 0 unspecified atom stereocenters. The average Bonchev–Trinajstić information content (AvgIpc) is 2.41. The molecule has 0 aliphatic carbocycles. The van der Waals surface area contributed by atoms with Gasteiger partial charge in [-0.25, -0.2) is 0 Å². The molecule has 100 valence electrons. The van der Waals surface area contributed by atoms with E-state index in [0.29, 0.717) is 11.0 Å². The van der Waals surface area contributed by atoms with Crippen LogP contribution in [0.4, 0.5) is 11.5 Å². The summed E-state index contributed by atoms with van der Waals surface area (Å²) in [7, 11) is 1.63. The van der Waals surface area contributed by atoms with E-state index in [2.05, 4.69) is 31.4 Å². The summed E-state index contributed by atoms with van der Waals surface area (Å²) < 4.78 is 6.15. The Hall–Kier alpha value is -1.33. The Bertz CT molecular complexity index is 619. The van der Waals surface area contributed by atoms with Crippen LogP contribution in [-0.4, -0.2) is 17.3 Å². The second-order valence-electron chi connectivity index (χ2n) is 4.06. The molecule has 0 atom stereocenters. The van der Waals surface area contributed by atoms with E-state index < -0.39 is 0 Å². The SMILES string of the molecule is COc1cc(Nc2nnc(Cl)c(C)c2C)ccc1Br. The van der Waals surface area contributed by atoms with Crippen LogP contribution in [0.5, 0.6) is 5.75 Å². The van der Waals surface area contributed by atoms with Gasteiger partial charge in [0.05, 0.1) is 11.6 Å². The molecule has 0 bridgehead atoms. The van der Waals surface area contributed by atoms with Gasteiger partial charge in [-0.3, -0.25) is 0 Å². The van der Waals surface area contributed by atoms with Crippen LogP contribution < -0.4 is 10.1 Å². The Morgan fingerprint density at radius 3 is 2.63 bits per heavy atom. The molecule has 0 aliphatic heterocycles. The van der Waals surface area contributed by atoms with Crippen LogP contribution >= 0.6 is 27.5 Å². The third kappa shape index (κ3) is 2.98. The van der Waals surface area contributed by atoms with Gasteiger partial charge < -0.3 is 10.1 Å². The number of anilines is 2. The normalized spacial score (nSPS) is 10.4. The van der Waals surface area contributed by atoms with Gasteiger partial charge >= 0.3 is 0 Å². The molecule has 0 saturated carbocycles. The minimum atomic E-state index is 0.427. The van der Waals surface area contributed by atoms with Gasteiger partial charge in [-0.05, 0) is 53.0 Å². The first-order valence-corrected chi connectivity index (χ1v) is 6.80. The number of methoxy groups -OCH3 is 1. The number of rotatable bonds is 3. The van der Waals surface area contributed by atoms with E-state index in [4.69, 9.17) is 16.3 Å². The van der Waals surface area contributed by atoms with Crippen molar-refractivity contribution < 1.29 is 4.74 Å². The second-order valence-corrected chi connectivity index (χ2v) is 5.28. The molecular formula is C13H13BrClN3O. The second kappa shape index (κ2) is 5.75. The maximum absolute atomic E-state index is 5.93. The summed E-state index contributed by atoms with van der Waals surface area (Å²) in [5.74, 6) is 1.44. The highest BCUT2D eigenvalue weighted by molar-refractivity contribution is 9.10. The van der Waals surface area contributed by atoms with Crippen LogP contribution in [0.25, 0.3) is 0 Å². The minimum absolute atomic E-state index is 0.427. The first-order valence-electron chi connectivity index (χ1n) is 5.63. The van der Waals surface area contributed by atoms with Crippen molar-refractivity contribution in [3.8, 4) is 5.75 Å². The molecule has 0 spiro atoms. The maximum Gasteiger partial charge on any atom is 0.156 e. The zero-order valence-corrected chi connectivity index (χ0v) is 13.1. The van der Waals surface area contributed by atoms with Gasteiger partial charge in [0.1, 0.15) is 5.75 Å². The average molecular weight is 343 g/mol. The zero-order valence-electron chi connectivity index (χ0n) is 10.8. The monoisotopic (exact) mass is 341 g/mol. The summed E-state index contributed by atoms with van der Waals surface area (Å²) in [6.45, 7) is 3.87. The number of hydrogen-bond donors (Lipinski definition) is 1. The van der Waals surface area contributed by atoms with Crippen LogP contribution in [0.3, 0.4) is 0 Å². The highest BCUT2D eigenvalue weighted by Crippen LogP contribution is 2.30. The van der Waals surface area contributed by atoms with Crippen LogP contribution in [0.15, 0.2) is 22.7 Å². The summed E-state index contributed by atoms with van der Waals surface area (Å²) in [5, 5.41) is 11.6. The number of aromatic nitrogens is 2. The van der Waals surface area contributed by atoms with E-state index in [1.807, 2.05) is 32.0 Å². The Morgan fingerprint density at radius 2 is 1.95 bits per heavy atom. The topological polar surface area (TPSA) is 47.0 Å². The lowest BCUT2D eigenvalue weighted by atomic mass is 10.2. The fraction of sp³-hybridized carbons (Fsp3) is 0.231. The Balaban J connectivity index is 2.34. The van der Waals surface area contributed by atoms with Crippen LogP contribution in [0.2, 0.25) is 5.15 Å². The predicted octanol–water partition coefficient (Wildman–Crippen LogP) is 4.26. The van der Waals surface area contributed by atoms with Gasteiger partial charge in [-0.1, -0.05) is 11.6 Å². The molecule has 4 nitrogen and oxygen atoms in total. The number of halogens is 2. The molecule has 19 heavy (non-hydrogen) atoms. The number of nitrogens with zero attached hydrogens (tertiary/aromatic N) is 2. The largest absolute Gasteiger partial charge is 0.495 e. The molecule has 1 N–H and O–H groups in total. The molecule has 0 saturated heterocycles. The van der Waals surface area contributed by atoms with Crippen molar-refractivity contribution in [1.82, 2.24) is 10.2 Å². The lowest BCUT2D eigenvalue weighted by Gasteiger charge is -2.11. The van der Waals surface area contributed by atoms with Crippen LogP contribution in [0.1, 0.15) is 11.1 Å². The van der Waals surface area contributed by atoms with Gasteiger partial charge in [0, 0.05) is 11.8 Å². The summed E-state index contributed by atoms with van der Waals surface area (Å²) in [4.78, 5) is 0. The summed E-state index contributed by atoms with van der Waals surface area (Å²) in [5.41, 5.74) is 2.77. The smallest absolute Gasteiger partial charge is 0.156 e. The Labute approximate surface area is 125 Å². The van der Waals surface area contributed by atoms with E-state index in [1.54, 1.807) is 7.11 Å². The molecule has 0 aliphatic rings. The van der Waals surface area contributed by atoms with Crippen molar-refractivity contribution in [3.05, 3.63) is 39.0 Å². The van der Waals surface area contributed by atoms with Gasteiger partial charge in [0.25, 0.3) is 0 Å². The van der Waals surface area contributed by atoms with E-state index >= 15 is 0 Å². The summed E-state index contributed by atoms with van der Waals surface area (Å²) in [6.07, 6.45) is 0. The lowest BCUT2D eigenvalue weighted by molar-refractivity contribution is 0.412. The quantitative estimate of drug-likeness (QED) is 0.905. The van der Waals surface area contributed by atoms with Crippen molar-refractivity contribution in [3.63, 3.8) is 0 Å². The lowest BCUT2D eigenvalue weighted by Crippen LogP contribution is -2.01. The highest BCUT2D eigenvalue weighted by Gasteiger charge is 2.09. The fourth-order valence-electron chi connectivity index (χ4n) is 1.57. The van der Waals surface area contributed by atoms with Crippen molar-refractivity contribution in [2.24, 2.45) is 0 Å². The number of hydrogen-bond acceptors (Lipinski definition) is 4. The number of nitrogens with one attached hydrogen (secondary N) is 1. The predicted molar refractivity (Wildman–Crippen MR) is 80.5 cm³/mol. The van der Waals surface area contributed by atoms with Gasteiger partial charge in [-0.2, -0.15) is 0 Å². The number of ether oxygens (including phenoxy) is 1. The van der Waals surface area contributed by atoms with E-state index in [9.17, 15) is 0 Å². The summed E-state index contributed by atoms with van der Waals surface area (Å²) in [6, 6.07) is 5.72. The standard InChI is InChI=1S/C13H13BrClN3O/c1-7-8(2)13(18-17-12(7)15)16-9-4-5-10(14)11(6-9)19-3/h4-6H,1-3H3,(H,16,18). The third-order valence-corrected chi connectivity index (χ3v) is 3.89. The molecule has 2 aromatic rings. The van der Waals surface area contributed by atoms with E-state index in [-0.39, 0.29) is 0 Å². The van der Waals surface area contributed by atoms with Gasteiger partial charge in [0.15, 0.2) is 11.0 Å². The van der Waals surface area contributed by atoms with Crippen LogP contribution in [-0.2, 0) is 0 Å². The molecule has 0 radical (unpaired) electrons. The Morgan fingerprint density at radius 1 is 1.21 bits per heavy atom. The molecule has 6 heteroatoms. The molecule has 0 fully saturated rings. The molecule has 1 aromatic carbocycles. The van der Waals surface area contributed by atoms with Crippen molar-refractivity contribution in [1.29, 1.82) is 0 Å². The zero-order chi connectivity index (χ0) is 14.0. The first-order chi connectivity index (χ1) is 9.02. The molecule has 1 aromatic heterocycles. The third-order valence-electron chi connectivity index (χ3n) is 2.88. The fourth-order valence-corrected chi connectivity index (χ4v) is 2.16. The first kappa shape index (κ1) is 14.1. The molecular weight excluding hydrogens is 330 g/mol. The van der Waals surface area contributed by atoms with Gasteiger partial charge in [-0.15, -0.1) is 10.2 Å². The molecule has 0 amide bonds. The summed E-state index contributed by atoms with van der Waals surface area (Å²) >= 11 is 9.34. The highest BCUT2D eigenvalue weighted by atomic mass is 79.9. The van der Waals surface area contributed by atoms with Crippen molar-refractivity contribution in [2.75, 3.05) is 12.4 Å². The van der Waals surface area contributed by atoms with Crippen LogP contribution in [0, 0.1) is 13.8 Å². The molecule has 2 rings (SSSR count). The number of benzene rings is 1. The Kier molecular flexibility index (Phi) is 4.27. The van der Waals surface area contributed by atoms with E-state index in [0.717, 1.165) is 27.0 Å². The van der Waals surface area contributed by atoms with Gasteiger partial charge in [0.2, 0.25) is 0 Å². The minimum Gasteiger partial charge on any atom is -0.495 e. The maximum atomic E-state index is 5.93. The molecule has 1 heterocycles. The van der Waals surface area contributed by atoms with E-state index in [1.165, 1.54) is 0 Å².